The second-order valence-corrected chi connectivity index (χ2v) is 7.35. The Kier molecular flexibility index (Phi) is 7.54. The SMILES string of the molecule is CCCCc1ccccc1Nc1ccc(Nc2ccccc2CCCC)cc1. The van der Waals surface area contributed by atoms with Crippen molar-refractivity contribution >= 4 is 22.7 Å². The largest absolute Gasteiger partial charge is 0.355 e. The molecule has 3 aromatic carbocycles. The molecule has 0 heterocycles. The van der Waals surface area contributed by atoms with Gasteiger partial charge in [0.25, 0.3) is 0 Å². The van der Waals surface area contributed by atoms with Crippen LogP contribution in [-0.4, -0.2) is 0 Å². The number of hydrogen-bond acceptors (Lipinski definition) is 2. The zero-order chi connectivity index (χ0) is 19.6. The quantitative estimate of drug-likeness (QED) is 0.378. The summed E-state index contributed by atoms with van der Waals surface area (Å²) in [5.41, 5.74) is 7.43. The van der Waals surface area contributed by atoms with Crippen molar-refractivity contribution < 1.29 is 0 Å². The maximum Gasteiger partial charge on any atom is 0.0416 e. The number of nitrogens with one attached hydrogen (secondary N) is 2. The fourth-order valence-electron chi connectivity index (χ4n) is 3.40. The van der Waals surface area contributed by atoms with Gasteiger partial charge in [0.05, 0.1) is 0 Å². The first-order chi connectivity index (χ1) is 13.8. The summed E-state index contributed by atoms with van der Waals surface area (Å²) in [7, 11) is 0. The summed E-state index contributed by atoms with van der Waals surface area (Å²) in [4.78, 5) is 0. The maximum atomic E-state index is 3.58. The number of unbranched alkanes of at least 4 members (excludes halogenated alkanes) is 2. The lowest BCUT2D eigenvalue weighted by atomic mass is 10.1. The van der Waals surface area contributed by atoms with E-state index in [1.54, 1.807) is 0 Å². The number of hydrogen-bond donors (Lipinski definition) is 2. The summed E-state index contributed by atoms with van der Waals surface area (Å²) < 4.78 is 0. The van der Waals surface area contributed by atoms with Gasteiger partial charge >= 0.3 is 0 Å². The van der Waals surface area contributed by atoms with Crippen molar-refractivity contribution in [2.24, 2.45) is 0 Å². The first-order valence-corrected chi connectivity index (χ1v) is 10.6. The third-order valence-corrected chi connectivity index (χ3v) is 5.08. The molecule has 146 valence electrons. The fraction of sp³-hybridized carbons (Fsp3) is 0.308. The molecule has 0 saturated carbocycles. The zero-order valence-electron chi connectivity index (χ0n) is 17.2. The van der Waals surface area contributed by atoms with Crippen molar-refractivity contribution in [1.82, 2.24) is 0 Å². The van der Waals surface area contributed by atoms with Crippen LogP contribution in [0.1, 0.15) is 50.7 Å². The van der Waals surface area contributed by atoms with Crippen molar-refractivity contribution in [2.45, 2.75) is 52.4 Å². The number of benzene rings is 3. The maximum absolute atomic E-state index is 3.58. The first-order valence-electron chi connectivity index (χ1n) is 10.6. The lowest BCUT2D eigenvalue weighted by Gasteiger charge is -2.14. The number of aryl methyl sites for hydroxylation is 2. The minimum Gasteiger partial charge on any atom is -0.355 e. The van der Waals surface area contributed by atoms with Crippen LogP contribution in [0.2, 0.25) is 0 Å². The van der Waals surface area contributed by atoms with Crippen molar-refractivity contribution in [3.8, 4) is 0 Å². The van der Waals surface area contributed by atoms with Crippen molar-refractivity contribution in [3.05, 3.63) is 83.9 Å². The van der Waals surface area contributed by atoms with Crippen molar-refractivity contribution in [1.29, 1.82) is 0 Å². The summed E-state index contributed by atoms with van der Waals surface area (Å²) in [6.07, 6.45) is 7.11. The molecule has 0 fully saturated rings. The molecule has 0 aliphatic rings. The van der Waals surface area contributed by atoms with E-state index >= 15 is 0 Å². The molecule has 2 heteroatoms. The molecule has 0 unspecified atom stereocenters. The number of anilines is 4. The Morgan fingerprint density at radius 1 is 0.536 bits per heavy atom. The molecule has 2 nitrogen and oxygen atoms in total. The normalized spacial score (nSPS) is 10.6. The average molecular weight is 373 g/mol. The van der Waals surface area contributed by atoms with Gasteiger partial charge in [0.2, 0.25) is 0 Å². The van der Waals surface area contributed by atoms with Crippen LogP contribution in [0, 0.1) is 0 Å². The molecule has 3 aromatic rings. The molecule has 0 aliphatic carbocycles. The van der Waals surface area contributed by atoms with Crippen molar-refractivity contribution in [3.63, 3.8) is 0 Å². The molecule has 2 N–H and O–H groups in total. The number of para-hydroxylation sites is 2. The minimum atomic E-state index is 1.12. The Morgan fingerprint density at radius 2 is 0.929 bits per heavy atom. The van der Waals surface area contributed by atoms with E-state index < -0.39 is 0 Å². The molecule has 0 spiro atoms. The molecular formula is C26H32N2. The molecule has 3 rings (SSSR count). The predicted octanol–water partition coefficient (Wildman–Crippen LogP) is 7.86. The fourth-order valence-corrected chi connectivity index (χ4v) is 3.40. The van der Waals surface area contributed by atoms with Gasteiger partial charge in [0.1, 0.15) is 0 Å². The highest BCUT2D eigenvalue weighted by atomic mass is 14.9. The van der Waals surface area contributed by atoms with Gasteiger partial charge in [-0.3, -0.25) is 0 Å². The summed E-state index contributed by atoms with van der Waals surface area (Å²) >= 11 is 0. The molecule has 0 bridgehead atoms. The Morgan fingerprint density at radius 3 is 1.32 bits per heavy atom. The number of rotatable bonds is 10. The van der Waals surface area contributed by atoms with Crippen molar-refractivity contribution in [2.75, 3.05) is 10.6 Å². The molecule has 0 amide bonds. The molecule has 0 saturated heterocycles. The van der Waals surface area contributed by atoms with Crippen LogP contribution in [0.25, 0.3) is 0 Å². The lowest BCUT2D eigenvalue weighted by molar-refractivity contribution is 0.796. The average Bonchev–Trinajstić information content (AvgIpc) is 2.74. The molecule has 0 aliphatic heterocycles. The van der Waals surface area contributed by atoms with Gasteiger partial charge in [-0.1, -0.05) is 63.1 Å². The van der Waals surface area contributed by atoms with Crippen LogP contribution in [0.3, 0.4) is 0 Å². The Balaban J connectivity index is 1.68. The molecule has 28 heavy (non-hydrogen) atoms. The molecular weight excluding hydrogens is 340 g/mol. The van der Waals surface area contributed by atoms with Gasteiger partial charge in [-0.15, -0.1) is 0 Å². The highest BCUT2D eigenvalue weighted by Gasteiger charge is 2.04. The summed E-state index contributed by atoms with van der Waals surface area (Å²) in [6.45, 7) is 4.48. The summed E-state index contributed by atoms with van der Waals surface area (Å²) in [6, 6.07) is 25.8. The van der Waals surface area contributed by atoms with Gasteiger partial charge in [-0.2, -0.15) is 0 Å². The van der Waals surface area contributed by atoms with Crippen LogP contribution in [0.15, 0.2) is 72.8 Å². The smallest absolute Gasteiger partial charge is 0.0416 e. The van der Waals surface area contributed by atoms with Crippen LogP contribution >= 0.6 is 0 Å². The summed E-state index contributed by atoms with van der Waals surface area (Å²) in [5.74, 6) is 0. The Hall–Kier alpha value is -2.74. The highest BCUT2D eigenvalue weighted by molar-refractivity contribution is 5.68. The highest BCUT2D eigenvalue weighted by Crippen LogP contribution is 2.26. The summed E-state index contributed by atoms with van der Waals surface area (Å²) in [5, 5.41) is 7.17. The van der Waals surface area contributed by atoms with Crippen LogP contribution < -0.4 is 10.6 Å². The monoisotopic (exact) mass is 372 g/mol. The van der Waals surface area contributed by atoms with Crippen LogP contribution in [-0.2, 0) is 12.8 Å². The zero-order valence-corrected chi connectivity index (χ0v) is 17.2. The van der Waals surface area contributed by atoms with Crippen LogP contribution in [0.5, 0.6) is 0 Å². The van der Waals surface area contributed by atoms with E-state index in [0.29, 0.717) is 0 Å². The van der Waals surface area contributed by atoms with E-state index in [0.717, 1.165) is 24.2 Å². The van der Waals surface area contributed by atoms with Gasteiger partial charge < -0.3 is 10.6 Å². The minimum absolute atomic E-state index is 1.12. The third kappa shape index (κ3) is 5.63. The van der Waals surface area contributed by atoms with E-state index in [1.165, 1.54) is 48.2 Å². The molecule has 0 atom stereocenters. The third-order valence-electron chi connectivity index (χ3n) is 5.08. The predicted molar refractivity (Wildman–Crippen MR) is 123 cm³/mol. The van der Waals surface area contributed by atoms with E-state index in [4.69, 9.17) is 0 Å². The molecule has 0 radical (unpaired) electrons. The standard InChI is InChI=1S/C26H32N2/c1-3-5-11-21-13-7-9-15-25(21)27-23-17-19-24(20-18-23)28-26-16-10-8-14-22(26)12-6-4-2/h7-10,13-20,27-28H,3-6,11-12H2,1-2H3. The van der Waals surface area contributed by atoms with Gasteiger partial charge in [0.15, 0.2) is 0 Å². The Labute approximate surface area is 170 Å². The van der Waals surface area contributed by atoms with E-state index in [1.807, 2.05) is 0 Å². The van der Waals surface area contributed by atoms with E-state index in [2.05, 4.69) is 97.3 Å². The van der Waals surface area contributed by atoms with Gasteiger partial charge in [-0.25, -0.2) is 0 Å². The lowest BCUT2D eigenvalue weighted by Crippen LogP contribution is -1.98. The second kappa shape index (κ2) is 10.6. The van der Waals surface area contributed by atoms with E-state index in [-0.39, 0.29) is 0 Å². The van der Waals surface area contributed by atoms with Gasteiger partial charge in [0, 0.05) is 22.7 Å². The van der Waals surface area contributed by atoms with Crippen LogP contribution in [0.4, 0.5) is 22.7 Å². The van der Waals surface area contributed by atoms with Gasteiger partial charge in [-0.05, 0) is 73.2 Å². The second-order valence-electron chi connectivity index (χ2n) is 7.35. The first kappa shape index (κ1) is 20.0. The Bertz CT molecular complexity index is 780. The van der Waals surface area contributed by atoms with E-state index in [9.17, 15) is 0 Å². The topological polar surface area (TPSA) is 24.1 Å². The molecule has 0 aromatic heterocycles.